The highest BCUT2D eigenvalue weighted by atomic mass is 31.2. The molecule has 2 aromatic carbocycles. The molecule has 0 spiro atoms. The predicted octanol–water partition coefficient (Wildman–Crippen LogP) is 1.10. The Morgan fingerprint density at radius 1 is 0.891 bits per heavy atom. The molecule has 0 unspecified atom stereocenters. The van der Waals surface area contributed by atoms with E-state index in [1.165, 1.54) is 26.4 Å². The fourth-order valence-electron chi connectivity index (χ4n) is 6.93. The summed E-state index contributed by atoms with van der Waals surface area (Å²) in [6.07, 6.45) is -7.18. The van der Waals surface area contributed by atoms with Gasteiger partial charge in [-0.15, -0.1) is 0 Å². The van der Waals surface area contributed by atoms with Gasteiger partial charge in [0.25, 0.3) is 0 Å². The van der Waals surface area contributed by atoms with Gasteiger partial charge in [0.15, 0.2) is 35.6 Å². The van der Waals surface area contributed by atoms with Crippen molar-refractivity contribution in [2.45, 2.75) is 55.9 Å². The van der Waals surface area contributed by atoms with Gasteiger partial charge in [-0.1, -0.05) is 0 Å². The van der Waals surface area contributed by atoms with E-state index < -0.39 is 74.6 Å². The van der Waals surface area contributed by atoms with Crippen LogP contribution in [0, 0.1) is 11.8 Å². The van der Waals surface area contributed by atoms with Crippen molar-refractivity contribution in [3.05, 3.63) is 41.0 Å². The van der Waals surface area contributed by atoms with E-state index in [-0.39, 0.29) is 37.3 Å². The zero-order valence-corrected chi connectivity index (χ0v) is 25.7. The number of ether oxygens (including phenoxy) is 9. The average molecular weight is 669 g/mol. The average Bonchev–Trinajstić information content (AvgIpc) is 3.64. The quantitative estimate of drug-likeness (QED) is 0.241. The number of fused-ring (bicyclic) bond motifs is 4. The van der Waals surface area contributed by atoms with E-state index in [4.69, 9.17) is 47.2 Å². The minimum Gasteiger partial charge on any atom is -0.493 e. The summed E-state index contributed by atoms with van der Waals surface area (Å²) in [6.45, 7) is 1.72. The summed E-state index contributed by atoms with van der Waals surface area (Å²) < 4.78 is 68.1. The molecule has 3 fully saturated rings. The van der Waals surface area contributed by atoms with Crippen molar-refractivity contribution >= 4 is 13.8 Å². The lowest BCUT2D eigenvalue weighted by molar-refractivity contribution is -0.364. The third-order valence-electron chi connectivity index (χ3n) is 8.94. The molecule has 0 amide bonds. The van der Waals surface area contributed by atoms with Gasteiger partial charge in [-0.25, -0.2) is 4.57 Å². The Bertz CT molecular complexity index is 1530. The van der Waals surface area contributed by atoms with Crippen LogP contribution >= 0.6 is 7.82 Å². The molecular weight excluding hydrogens is 635 g/mol. The lowest BCUT2D eigenvalue weighted by atomic mass is 9.66. The third kappa shape index (κ3) is 5.37. The Labute approximate surface area is 262 Å². The second-order valence-corrected chi connectivity index (χ2v) is 12.7. The smallest absolute Gasteiger partial charge is 0.493 e. The molecular formula is C29H33O16P. The number of cyclic esters (lactones) is 1. The number of phosphoric acid groups is 1. The Morgan fingerprint density at radius 3 is 2.22 bits per heavy atom. The number of rotatable bonds is 7. The first-order chi connectivity index (χ1) is 22.0. The molecule has 3 saturated heterocycles. The van der Waals surface area contributed by atoms with Crippen LogP contribution in [0.3, 0.4) is 0 Å². The van der Waals surface area contributed by atoms with E-state index in [2.05, 4.69) is 0 Å². The molecule has 1 aliphatic carbocycles. The SMILES string of the molecule is COc1cc([C@@H]2c3cc4c(cc3[C@@H](O[C@@H]3O[C@@H]5CO[C@H](C)O[C@@H]5[C@H](O)[C@@H]3O)[C@@H]3COC(=O)[C@@H]23)OCO4)cc(OC)c1OP(=O)(O)O. The Balaban J connectivity index is 1.32. The Kier molecular flexibility index (Phi) is 8.07. The summed E-state index contributed by atoms with van der Waals surface area (Å²) >= 11 is 0. The van der Waals surface area contributed by atoms with Gasteiger partial charge in [-0.05, 0) is 47.9 Å². The molecule has 0 saturated carbocycles. The van der Waals surface area contributed by atoms with Crippen molar-refractivity contribution in [1.82, 2.24) is 0 Å². The first-order valence-corrected chi connectivity index (χ1v) is 16.1. The van der Waals surface area contributed by atoms with Gasteiger partial charge < -0.3 is 57.4 Å². The zero-order valence-electron chi connectivity index (χ0n) is 24.8. The van der Waals surface area contributed by atoms with E-state index in [9.17, 15) is 29.4 Å². The molecule has 2 aromatic rings. The second kappa shape index (κ2) is 11.8. The van der Waals surface area contributed by atoms with Crippen LogP contribution in [-0.2, 0) is 33.0 Å². The van der Waals surface area contributed by atoms with Crippen LogP contribution in [0.1, 0.15) is 35.6 Å². The summed E-state index contributed by atoms with van der Waals surface area (Å²) in [5, 5.41) is 22.0. The van der Waals surface area contributed by atoms with E-state index in [1.807, 2.05) is 0 Å². The fourth-order valence-corrected chi connectivity index (χ4v) is 7.35. The summed E-state index contributed by atoms with van der Waals surface area (Å²) in [6, 6.07) is 6.47. The number of hydrogen-bond acceptors (Lipinski definition) is 14. The summed E-state index contributed by atoms with van der Waals surface area (Å²) in [5.74, 6) is -2.25. The Hall–Kier alpha value is -3.18. The molecule has 7 rings (SSSR count). The monoisotopic (exact) mass is 668 g/mol. The highest BCUT2D eigenvalue weighted by Gasteiger charge is 2.56. The summed E-state index contributed by atoms with van der Waals surface area (Å²) in [4.78, 5) is 32.5. The normalized spacial score (nSPS) is 34.6. The van der Waals surface area contributed by atoms with E-state index in [0.29, 0.717) is 28.2 Å². The molecule has 0 aromatic heterocycles. The standard InChI is InChI=1S/C29H33O16P/c1-11-38-9-20-27(42-11)23(30)24(31)29(43-20)44-25-14-7-17-16(40-10-41-17)6-13(14)21(22-15(25)8-39-28(22)32)12-4-18(36-2)26(19(5-12)37-3)45-46(33,34)35/h4-7,11,15,20-25,27,29-31H,8-10H2,1-3H3,(H2,33,34,35)/t11-,15+,20+,21+,22+,23+,24-,25+,27-,29-/m0/s1. The molecule has 17 heteroatoms. The molecule has 5 aliphatic rings. The fraction of sp³-hybridized carbons (Fsp3) is 0.552. The first-order valence-electron chi connectivity index (χ1n) is 14.5. The van der Waals surface area contributed by atoms with Crippen molar-refractivity contribution in [1.29, 1.82) is 0 Å². The van der Waals surface area contributed by atoms with Crippen molar-refractivity contribution in [2.24, 2.45) is 11.8 Å². The molecule has 0 radical (unpaired) electrons. The molecule has 4 N–H and O–H groups in total. The van der Waals surface area contributed by atoms with Gasteiger partial charge in [0, 0.05) is 11.8 Å². The number of esters is 1. The molecule has 10 atom stereocenters. The van der Waals surface area contributed by atoms with Gasteiger partial charge in [0.2, 0.25) is 12.5 Å². The van der Waals surface area contributed by atoms with Crippen LogP contribution in [0.25, 0.3) is 0 Å². The van der Waals surface area contributed by atoms with Crippen LogP contribution in [0.4, 0.5) is 0 Å². The maximum atomic E-state index is 13.5. The summed E-state index contributed by atoms with van der Waals surface area (Å²) in [5.41, 5.74) is 1.65. The molecule has 4 aliphatic heterocycles. The van der Waals surface area contributed by atoms with Crippen LogP contribution in [0.15, 0.2) is 24.3 Å². The van der Waals surface area contributed by atoms with Crippen LogP contribution in [-0.4, -0.2) is 97.2 Å². The third-order valence-corrected chi connectivity index (χ3v) is 9.36. The van der Waals surface area contributed by atoms with Crippen LogP contribution in [0.5, 0.6) is 28.7 Å². The first kappa shape index (κ1) is 31.4. The minimum atomic E-state index is -5.00. The Morgan fingerprint density at radius 2 is 1.57 bits per heavy atom. The van der Waals surface area contributed by atoms with Crippen LogP contribution in [0.2, 0.25) is 0 Å². The van der Waals surface area contributed by atoms with Crippen molar-refractivity contribution in [2.75, 3.05) is 34.2 Å². The maximum Gasteiger partial charge on any atom is 0.525 e. The van der Waals surface area contributed by atoms with Crippen LogP contribution < -0.4 is 23.5 Å². The van der Waals surface area contributed by atoms with Gasteiger partial charge in [0.05, 0.1) is 39.5 Å². The minimum absolute atomic E-state index is 0.0303. The van der Waals surface area contributed by atoms with E-state index in [1.54, 1.807) is 19.1 Å². The van der Waals surface area contributed by atoms with Crippen molar-refractivity contribution in [3.63, 3.8) is 0 Å². The van der Waals surface area contributed by atoms with Gasteiger partial charge in [-0.3, -0.25) is 14.6 Å². The number of hydrogen-bond donors (Lipinski definition) is 4. The molecule has 0 bridgehead atoms. The zero-order chi connectivity index (χ0) is 32.5. The highest BCUT2D eigenvalue weighted by Crippen LogP contribution is 2.57. The largest absolute Gasteiger partial charge is 0.525 e. The van der Waals surface area contributed by atoms with Crippen molar-refractivity contribution < 1.29 is 76.5 Å². The number of phosphoric ester groups is 1. The number of methoxy groups -OCH3 is 2. The lowest BCUT2D eigenvalue weighted by Crippen LogP contribution is -2.63. The highest BCUT2D eigenvalue weighted by molar-refractivity contribution is 7.46. The second-order valence-electron chi connectivity index (χ2n) is 11.6. The molecule has 250 valence electrons. The van der Waals surface area contributed by atoms with Crippen molar-refractivity contribution in [3.8, 4) is 28.7 Å². The van der Waals surface area contributed by atoms with Gasteiger partial charge >= 0.3 is 13.8 Å². The van der Waals surface area contributed by atoms with Gasteiger partial charge in [0.1, 0.15) is 24.4 Å². The predicted molar refractivity (Wildman–Crippen MR) is 149 cm³/mol. The number of carbonyl (C=O) groups is 1. The molecule has 16 nitrogen and oxygen atoms in total. The lowest BCUT2D eigenvalue weighted by Gasteiger charge is -2.47. The van der Waals surface area contributed by atoms with E-state index >= 15 is 0 Å². The molecule has 4 heterocycles. The van der Waals surface area contributed by atoms with E-state index in [0.717, 1.165) is 0 Å². The maximum absolute atomic E-state index is 13.5. The topological polar surface area (TPSA) is 207 Å². The molecule has 46 heavy (non-hydrogen) atoms. The number of aliphatic hydroxyl groups is 2. The number of carbonyl (C=O) groups excluding carboxylic acids is 1. The van der Waals surface area contributed by atoms with Gasteiger partial charge in [-0.2, -0.15) is 0 Å². The number of benzene rings is 2. The number of aliphatic hydroxyl groups excluding tert-OH is 2. The summed E-state index contributed by atoms with van der Waals surface area (Å²) in [7, 11) is -2.40.